The monoisotopic (exact) mass is 1540 g/mol. The lowest BCUT2D eigenvalue weighted by atomic mass is 9.84. The van der Waals surface area contributed by atoms with Crippen molar-refractivity contribution in [2.75, 3.05) is 0 Å². The summed E-state index contributed by atoms with van der Waals surface area (Å²) in [5.74, 6) is 0. The van der Waals surface area contributed by atoms with E-state index < -0.39 is 72.5 Å². The van der Waals surface area contributed by atoms with Crippen molar-refractivity contribution in [2.24, 2.45) is 0 Å². The first kappa shape index (κ1) is 48.5. The number of para-hydroxylation sites is 3. The Morgan fingerprint density at radius 1 is 0.143 bits per heavy atom. The van der Waals surface area contributed by atoms with Crippen LogP contribution in [0.25, 0.3) is 241 Å². The van der Waals surface area contributed by atoms with Crippen molar-refractivity contribution < 1.29 is 46.1 Å². The minimum Gasteiger partial charge on any atom is -0.456 e. The summed E-state index contributed by atoms with van der Waals surface area (Å²) in [5, 5.41) is 10.7. The molecule has 0 unspecified atom stereocenters. The van der Waals surface area contributed by atoms with Gasteiger partial charge in [-0.2, -0.15) is 0 Å². The van der Waals surface area contributed by atoms with Gasteiger partial charge in [0.2, 0.25) is 0 Å². The molecule has 0 aliphatic rings. The average Bonchev–Trinajstić information content (AvgIpc) is 1.07. The van der Waals surface area contributed by atoms with Gasteiger partial charge in [-0.05, 0) is 242 Å². The predicted octanol–water partition coefficient (Wildman–Crippen LogP) is 33.3. The van der Waals surface area contributed by atoms with Crippen LogP contribution >= 0.6 is 0 Å². The topological polar surface area (TPSA) is 39.4 Å². The number of benzene rings is 22. The molecule has 0 spiro atoms. The van der Waals surface area contributed by atoms with Crippen molar-refractivity contribution in [3.8, 4) is 89.0 Å². The predicted molar refractivity (Wildman–Crippen MR) is 505 cm³/mol. The first-order chi connectivity index (χ1) is 69.0. The Bertz CT molecular complexity index is 9660. The molecule has 0 saturated carbocycles. The van der Waals surface area contributed by atoms with Crippen molar-refractivity contribution in [3.05, 3.63) is 436 Å². The largest absolute Gasteiger partial charge is 0.456 e. The minimum absolute atomic E-state index is 0.176. The molecule has 0 radical (unpaired) electrons. The van der Waals surface area contributed by atoms with Gasteiger partial charge in [-0.25, -0.2) is 0 Å². The summed E-state index contributed by atoms with van der Waals surface area (Å²) in [7, 11) is 0. The van der Waals surface area contributed by atoms with Crippen LogP contribution in [0.5, 0.6) is 0 Å². The van der Waals surface area contributed by atoms with Crippen LogP contribution in [0.1, 0.15) is 32.9 Å². The van der Waals surface area contributed by atoms with Gasteiger partial charge in [0.05, 0.1) is 32.9 Å². The van der Waals surface area contributed by atoms with E-state index in [0.717, 1.165) is 76.1 Å². The van der Waals surface area contributed by atoms with Crippen molar-refractivity contribution in [1.29, 1.82) is 0 Å². The highest BCUT2D eigenvalue weighted by Gasteiger charge is 2.24. The number of hydrogen-bond acceptors (Lipinski definition) is 3. The lowest BCUT2D eigenvalue weighted by Crippen LogP contribution is -1.92. The SMILES string of the molecule is [2H]c1c([2H])c([2H])c2c(-c3ccc4oc5ccccc5c4c3)c3c([2H])c([2H])c([2H])c([2H])c3c(-c3cc(-c4ccccc4)c4ccccc4c3)c2c1[2H].[2H]c1c([2H])c([2H])c2c(-c3ccc4oc5ccccc5c4c3)c3c([2H])c([2H])c([2H])c([2H])c3c(-c3ccc(-c4ccccc4)cc3)c2c1[2H].[2H]c1c([2H])c([2H])c2c(-c3cccc4ccccc34)c3c([2H])c([2H])c([2H])c([2H])c3c(-c3ccc4oc5ccccc5c4c3)c2c1[2H]. The van der Waals surface area contributed by atoms with Gasteiger partial charge in [0.1, 0.15) is 33.5 Å². The molecule has 3 heterocycles. The van der Waals surface area contributed by atoms with Crippen molar-refractivity contribution in [1.82, 2.24) is 0 Å². The molecule has 0 fully saturated rings. The Kier molecular flexibility index (Phi) is 11.7. The van der Waals surface area contributed by atoms with Crippen LogP contribution in [0, 0.1) is 0 Å². The molecular formula is C116H72O3. The Morgan fingerprint density at radius 2 is 0.412 bits per heavy atom. The van der Waals surface area contributed by atoms with Gasteiger partial charge in [0.15, 0.2) is 0 Å². The van der Waals surface area contributed by atoms with Crippen LogP contribution in [0.3, 0.4) is 0 Å². The molecule has 3 nitrogen and oxygen atoms in total. The molecule has 0 N–H and O–H groups in total. The Hall–Kier alpha value is -15.7. The molecule has 0 atom stereocenters. The highest BCUT2D eigenvalue weighted by Crippen LogP contribution is 2.51. The summed E-state index contributed by atoms with van der Waals surface area (Å²) >= 11 is 0. The zero-order valence-electron chi connectivity index (χ0n) is 86.9. The van der Waals surface area contributed by atoms with Crippen LogP contribution in [-0.2, 0) is 0 Å². The van der Waals surface area contributed by atoms with E-state index in [1.807, 2.05) is 255 Å². The number of hydrogen-bond donors (Lipinski definition) is 0. The van der Waals surface area contributed by atoms with Crippen molar-refractivity contribution in [2.45, 2.75) is 0 Å². The summed E-state index contributed by atoms with van der Waals surface area (Å²) in [4.78, 5) is 0. The van der Waals surface area contributed by atoms with E-state index in [1.54, 1.807) is 36.4 Å². The molecule has 0 bridgehead atoms. The number of furan rings is 3. The van der Waals surface area contributed by atoms with E-state index >= 15 is 0 Å². The summed E-state index contributed by atoms with van der Waals surface area (Å²) < 4.78 is 234. The molecule has 0 amide bonds. The smallest absolute Gasteiger partial charge is 0.135 e. The third-order valence-electron chi connectivity index (χ3n) is 22.7. The van der Waals surface area contributed by atoms with E-state index in [1.165, 1.54) is 0 Å². The maximum Gasteiger partial charge on any atom is 0.135 e. The van der Waals surface area contributed by atoms with Gasteiger partial charge >= 0.3 is 0 Å². The van der Waals surface area contributed by atoms with Crippen LogP contribution < -0.4 is 0 Å². The molecule has 3 heteroatoms. The standard InChI is InChI=1S/C42H26O.C38H24O.C36H22O/c1-2-12-27(13-3-1)37-26-30(24-28-14-4-5-15-31(28)37)42-35-19-8-6-17-33(35)41(34-18-7-9-20-36(34)42)29-22-23-40-38(25-29)32-16-10-11-21-39(32)43-40;1-2-10-25(11-3-1)26-18-20-27(21-19-26)37-30-13-4-6-15-32(30)38(33-16-7-5-14-31(33)37)28-22-23-36-34(24-28)29-12-8-9-17-35(29)39-36;1-2-12-25-23(10-1)11-9-18-27(25)36-30-16-5-3-14-28(30)35(29-15-4-6-17-31(29)36)24-20-21-34-32(22-24)26-13-7-8-19-33(26)37-34/h1-26H;1-24H;1-22H/i6D,7D,8D,9D,17D,18D,19D,20D;4D,5D,6D,7D,13D,14D,15D,16D;3D,4D,5D,6D,14D,15D,16D,17D. The fraction of sp³-hybridized carbons (Fsp3) is 0. The fourth-order valence-corrected chi connectivity index (χ4v) is 17.4. The first-order valence-electron chi connectivity index (χ1n) is 50.9. The lowest BCUT2D eigenvalue weighted by molar-refractivity contribution is 0.668. The molecule has 0 aliphatic carbocycles. The molecule has 0 saturated heterocycles. The second kappa shape index (κ2) is 28.7. The summed E-state index contributed by atoms with van der Waals surface area (Å²) in [6.45, 7) is 0. The normalized spacial score (nSPS) is 14.5. The molecule has 25 rings (SSSR count). The van der Waals surface area contributed by atoms with E-state index in [9.17, 15) is 13.7 Å². The van der Waals surface area contributed by atoms with Gasteiger partial charge in [-0.3, -0.25) is 0 Å². The average molecular weight is 1540 g/mol. The first-order valence-corrected chi connectivity index (χ1v) is 38.9. The summed E-state index contributed by atoms with van der Waals surface area (Å²) in [5.41, 5.74) is 13.0. The quantitative estimate of drug-likeness (QED) is 0.142. The summed E-state index contributed by atoms with van der Waals surface area (Å²) in [6.07, 6.45) is 0. The Labute approximate surface area is 720 Å². The molecule has 119 heavy (non-hydrogen) atoms. The van der Waals surface area contributed by atoms with Gasteiger partial charge < -0.3 is 13.3 Å². The minimum atomic E-state index is -0.432. The van der Waals surface area contributed by atoms with E-state index in [-0.39, 0.29) is 137 Å². The van der Waals surface area contributed by atoms with E-state index in [0.29, 0.717) is 100 Å². The molecule has 0 aliphatic heterocycles. The third-order valence-corrected chi connectivity index (χ3v) is 22.7. The van der Waals surface area contributed by atoms with Crippen LogP contribution in [-0.4, -0.2) is 0 Å². The summed E-state index contributed by atoms with van der Waals surface area (Å²) in [6, 6.07) is 82.7. The molecule has 22 aromatic carbocycles. The van der Waals surface area contributed by atoms with Crippen LogP contribution in [0.15, 0.2) is 449 Å². The second-order valence-electron chi connectivity index (χ2n) is 29.3. The third kappa shape index (κ3) is 11.7. The highest BCUT2D eigenvalue weighted by molar-refractivity contribution is 6.27. The van der Waals surface area contributed by atoms with Gasteiger partial charge in [-0.15, -0.1) is 0 Å². The zero-order valence-corrected chi connectivity index (χ0v) is 62.9. The van der Waals surface area contributed by atoms with E-state index in [2.05, 4.69) is 0 Å². The number of fused-ring (bicyclic) bond motifs is 17. The fourth-order valence-electron chi connectivity index (χ4n) is 17.4. The van der Waals surface area contributed by atoms with Gasteiger partial charge in [0, 0.05) is 32.3 Å². The second-order valence-corrected chi connectivity index (χ2v) is 29.3. The maximum atomic E-state index is 9.37. The zero-order chi connectivity index (χ0) is 99.3. The molecule has 25 aromatic rings. The van der Waals surface area contributed by atoms with E-state index in [4.69, 9.17) is 32.4 Å². The molecule has 3 aromatic heterocycles. The molecular weight excluding hydrogens is 1440 g/mol. The lowest BCUT2D eigenvalue weighted by Gasteiger charge is -2.19. The Morgan fingerprint density at radius 3 is 0.807 bits per heavy atom. The number of rotatable bonds is 8. The van der Waals surface area contributed by atoms with Gasteiger partial charge in [-0.1, -0.05) is 369 Å². The van der Waals surface area contributed by atoms with Crippen LogP contribution in [0.4, 0.5) is 0 Å². The van der Waals surface area contributed by atoms with Crippen molar-refractivity contribution >= 4 is 152 Å². The molecule has 554 valence electrons. The Balaban J connectivity index is 0.000000119. The maximum absolute atomic E-state index is 9.37. The van der Waals surface area contributed by atoms with Crippen LogP contribution in [0.2, 0.25) is 0 Å². The van der Waals surface area contributed by atoms with Gasteiger partial charge in [0.25, 0.3) is 0 Å². The highest BCUT2D eigenvalue weighted by atomic mass is 16.3. The van der Waals surface area contributed by atoms with Crippen molar-refractivity contribution in [3.63, 3.8) is 0 Å².